The molecule has 1 nitrogen and oxygen atoms in total. The fourth-order valence-electron chi connectivity index (χ4n) is 4.85. The van der Waals surface area contributed by atoms with Crippen molar-refractivity contribution in [1.82, 2.24) is 4.98 Å². The zero-order valence-electron chi connectivity index (χ0n) is 14.9. The van der Waals surface area contributed by atoms with Crippen molar-refractivity contribution in [2.45, 2.75) is 19.3 Å². The second kappa shape index (κ2) is 4.56. The third kappa shape index (κ3) is 1.61. The Bertz CT molecular complexity index is 1350. The molecule has 0 spiro atoms. The van der Waals surface area contributed by atoms with Gasteiger partial charge in [-0.2, -0.15) is 0 Å². The first-order chi connectivity index (χ1) is 12.6. The van der Waals surface area contributed by atoms with E-state index in [2.05, 4.69) is 91.6 Å². The second-order valence-electron chi connectivity index (χ2n) is 7.95. The Morgan fingerprint density at radius 1 is 0.654 bits per heavy atom. The summed E-state index contributed by atoms with van der Waals surface area (Å²) >= 11 is 0. The van der Waals surface area contributed by atoms with Gasteiger partial charge in [0.2, 0.25) is 0 Å². The molecule has 1 aliphatic rings. The van der Waals surface area contributed by atoms with Crippen LogP contribution in [0.25, 0.3) is 43.7 Å². The van der Waals surface area contributed by atoms with Gasteiger partial charge in [0, 0.05) is 27.2 Å². The number of nitrogens with one attached hydrogen (secondary N) is 1. The van der Waals surface area contributed by atoms with Gasteiger partial charge >= 0.3 is 0 Å². The fraction of sp³-hybridized carbons (Fsp3) is 0.120. The summed E-state index contributed by atoms with van der Waals surface area (Å²) in [6, 6.07) is 26.7. The highest BCUT2D eigenvalue weighted by atomic mass is 14.7. The van der Waals surface area contributed by atoms with Crippen LogP contribution in [0.15, 0.2) is 72.8 Å². The molecule has 0 amide bonds. The third-order valence-corrected chi connectivity index (χ3v) is 6.19. The molecule has 0 radical (unpaired) electrons. The largest absolute Gasteiger partial charge is 0.355 e. The van der Waals surface area contributed by atoms with Crippen LogP contribution in [0.1, 0.15) is 25.0 Å². The summed E-state index contributed by atoms with van der Waals surface area (Å²) in [6.45, 7) is 4.70. The van der Waals surface area contributed by atoms with Crippen molar-refractivity contribution in [3.05, 3.63) is 83.9 Å². The van der Waals surface area contributed by atoms with E-state index < -0.39 is 0 Å². The lowest BCUT2D eigenvalue weighted by atomic mass is 9.82. The number of benzene rings is 4. The van der Waals surface area contributed by atoms with E-state index in [4.69, 9.17) is 0 Å². The number of rotatable bonds is 0. The van der Waals surface area contributed by atoms with Crippen LogP contribution < -0.4 is 0 Å². The van der Waals surface area contributed by atoms with E-state index in [0.29, 0.717) is 0 Å². The van der Waals surface area contributed by atoms with Crippen LogP contribution in [0.2, 0.25) is 0 Å². The van der Waals surface area contributed by atoms with Gasteiger partial charge in [0.25, 0.3) is 0 Å². The first-order valence-corrected chi connectivity index (χ1v) is 9.22. The van der Waals surface area contributed by atoms with Gasteiger partial charge in [-0.1, -0.05) is 68.4 Å². The number of H-pyrrole nitrogens is 1. The van der Waals surface area contributed by atoms with Gasteiger partial charge in [0.15, 0.2) is 0 Å². The quantitative estimate of drug-likeness (QED) is 0.321. The van der Waals surface area contributed by atoms with E-state index in [1.807, 2.05) is 0 Å². The van der Waals surface area contributed by atoms with Gasteiger partial charge < -0.3 is 4.98 Å². The minimum Gasteiger partial charge on any atom is -0.355 e. The molecule has 0 unspecified atom stereocenters. The molecule has 0 atom stereocenters. The number of aromatic nitrogens is 1. The second-order valence-corrected chi connectivity index (χ2v) is 7.95. The van der Waals surface area contributed by atoms with E-state index in [-0.39, 0.29) is 5.41 Å². The van der Waals surface area contributed by atoms with Gasteiger partial charge in [0.05, 0.1) is 0 Å². The van der Waals surface area contributed by atoms with Crippen LogP contribution in [0.5, 0.6) is 0 Å². The monoisotopic (exact) mass is 333 g/mol. The number of aromatic amines is 1. The molecule has 0 fully saturated rings. The number of hydrogen-bond acceptors (Lipinski definition) is 0. The highest BCUT2D eigenvalue weighted by Crippen LogP contribution is 2.52. The summed E-state index contributed by atoms with van der Waals surface area (Å²) < 4.78 is 0. The fourth-order valence-corrected chi connectivity index (χ4v) is 4.85. The third-order valence-electron chi connectivity index (χ3n) is 6.19. The van der Waals surface area contributed by atoms with Crippen molar-refractivity contribution in [3.8, 4) is 11.1 Å². The van der Waals surface area contributed by atoms with E-state index in [1.165, 1.54) is 54.8 Å². The van der Waals surface area contributed by atoms with Crippen LogP contribution in [0.3, 0.4) is 0 Å². The summed E-state index contributed by atoms with van der Waals surface area (Å²) in [5.41, 5.74) is 8.11. The first-order valence-electron chi connectivity index (χ1n) is 9.22. The maximum absolute atomic E-state index is 3.61. The molecular formula is C25H19N. The molecule has 1 aromatic heterocycles. The van der Waals surface area contributed by atoms with Crippen molar-refractivity contribution < 1.29 is 0 Å². The first kappa shape index (κ1) is 14.1. The molecule has 0 saturated heterocycles. The summed E-state index contributed by atoms with van der Waals surface area (Å²) in [5.74, 6) is 0. The predicted octanol–water partition coefficient (Wildman–Crippen LogP) is 6.78. The summed E-state index contributed by atoms with van der Waals surface area (Å²) in [5, 5.41) is 5.29. The lowest BCUT2D eigenvalue weighted by Gasteiger charge is -2.21. The van der Waals surface area contributed by atoms with Crippen LogP contribution in [-0.2, 0) is 5.41 Å². The molecule has 0 bridgehead atoms. The number of fused-ring (bicyclic) bond motifs is 8. The van der Waals surface area contributed by atoms with Crippen molar-refractivity contribution >= 4 is 32.6 Å². The normalized spacial score (nSPS) is 14.8. The molecule has 124 valence electrons. The maximum Gasteiger partial charge on any atom is 0.0468 e. The molecule has 1 aliphatic carbocycles. The topological polar surface area (TPSA) is 15.8 Å². The molecule has 26 heavy (non-hydrogen) atoms. The standard InChI is InChI=1S/C25H19N/c1-25(2)20-12-11-15-7-3-4-8-16(15)24(20)19-13-18-17-9-5-6-10-22(17)26-23(18)14-21(19)25/h3-14,26H,1-2H3. The number of hydrogen-bond donors (Lipinski definition) is 1. The average Bonchev–Trinajstić information content (AvgIpc) is 3.13. The van der Waals surface area contributed by atoms with Gasteiger partial charge in [-0.15, -0.1) is 0 Å². The van der Waals surface area contributed by atoms with Gasteiger partial charge in [0.1, 0.15) is 0 Å². The van der Waals surface area contributed by atoms with E-state index in [0.717, 1.165) is 0 Å². The molecule has 1 heteroatoms. The minimum absolute atomic E-state index is 0.0141. The minimum atomic E-state index is 0.0141. The number of para-hydroxylation sites is 1. The molecule has 1 heterocycles. The van der Waals surface area contributed by atoms with Crippen LogP contribution in [0.4, 0.5) is 0 Å². The Morgan fingerprint density at radius 2 is 1.42 bits per heavy atom. The molecule has 0 aliphatic heterocycles. The lowest BCUT2D eigenvalue weighted by molar-refractivity contribution is 0.661. The molecule has 1 N–H and O–H groups in total. The Labute approximate surface area is 152 Å². The van der Waals surface area contributed by atoms with E-state index >= 15 is 0 Å². The van der Waals surface area contributed by atoms with E-state index in [9.17, 15) is 0 Å². The van der Waals surface area contributed by atoms with Gasteiger partial charge in [-0.3, -0.25) is 0 Å². The Balaban J connectivity index is 1.81. The van der Waals surface area contributed by atoms with Gasteiger partial charge in [-0.25, -0.2) is 0 Å². The smallest absolute Gasteiger partial charge is 0.0468 e. The molecule has 0 saturated carbocycles. The molecule has 4 aromatic carbocycles. The molecule has 6 rings (SSSR count). The molecular weight excluding hydrogens is 314 g/mol. The SMILES string of the molecule is CC1(C)c2cc3[nH]c4ccccc4c3cc2-c2c1ccc1ccccc21. The zero-order chi connectivity index (χ0) is 17.5. The highest BCUT2D eigenvalue weighted by Gasteiger charge is 2.36. The van der Waals surface area contributed by atoms with Crippen LogP contribution in [-0.4, -0.2) is 4.98 Å². The zero-order valence-corrected chi connectivity index (χ0v) is 14.9. The Kier molecular flexibility index (Phi) is 2.48. The van der Waals surface area contributed by atoms with Gasteiger partial charge in [-0.05, 0) is 51.2 Å². The van der Waals surface area contributed by atoms with Crippen molar-refractivity contribution in [1.29, 1.82) is 0 Å². The predicted molar refractivity (Wildman–Crippen MR) is 111 cm³/mol. The summed E-state index contributed by atoms with van der Waals surface area (Å²) in [4.78, 5) is 3.61. The average molecular weight is 333 g/mol. The van der Waals surface area contributed by atoms with Crippen LogP contribution in [0, 0.1) is 0 Å². The summed E-state index contributed by atoms with van der Waals surface area (Å²) in [7, 11) is 0. The van der Waals surface area contributed by atoms with E-state index in [1.54, 1.807) is 0 Å². The van der Waals surface area contributed by atoms with Crippen molar-refractivity contribution in [3.63, 3.8) is 0 Å². The Hall–Kier alpha value is -3.06. The maximum atomic E-state index is 3.61. The van der Waals surface area contributed by atoms with Crippen molar-refractivity contribution in [2.75, 3.05) is 0 Å². The lowest BCUT2D eigenvalue weighted by Crippen LogP contribution is -2.14. The summed E-state index contributed by atoms with van der Waals surface area (Å²) in [6.07, 6.45) is 0. The molecule has 5 aromatic rings. The Morgan fingerprint density at radius 3 is 2.31 bits per heavy atom. The highest BCUT2D eigenvalue weighted by molar-refractivity contribution is 6.12. The van der Waals surface area contributed by atoms with Crippen LogP contribution >= 0.6 is 0 Å². The van der Waals surface area contributed by atoms with Crippen molar-refractivity contribution in [2.24, 2.45) is 0 Å².